The summed E-state index contributed by atoms with van der Waals surface area (Å²) >= 11 is 0. The lowest BCUT2D eigenvalue weighted by Gasteiger charge is -2.39. The van der Waals surface area contributed by atoms with Crippen LogP contribution in [-0.2, 0) is 5.41 Å². The summed E-state index contributed by atoms with van der Waals surface area (Å²) in [5, 5.41) is 0. The summed E-state index contributed by atoms with van der Waals surface area (Å²) in [6, 6.07) is 0. The van der Waals surface area contributed by atoms with Crippen LogP contribution in [0.15, 0.2) is 18.2 Å². The Balaban J connectivity index is 3.02. The lowest BCUT2D eigenvalue weighted by Crippen LogP contribution is -2.50. The predicted octanol–water partition coefficient (Wildman–Crippen LogP) is 11.9. The van der Waals surface area contributed by atoms with Gasteiger partial charge in [-0.05, 0) is 0 Å². The lowest BCUT2D eigenvalue weighted by atomic mass is 9.66. The summed E-state index contributed by atoms with van der Waals surface area (Å²) in [5.41, 5.74) is -29.9. The summed E-state index contributed by atoms with van der Waals surface area (Å²) in [7, 11) is 0. The van der Waals surface area contributed by atoms with Crippen LogP contribution in [0.4, 0.5) is 105 Å². The Morgan fingerprint density at radius 2 is 0.440 bits per heavy atom. The molecule has 0 atom stereocenters. The molecule has 0 aliphatic rings. The van der Waals surface area contributed by atoms with Crippen LogP contribution < -0.4 is 0 Å². The van der Waals surface area contributed by atoms with Crippen molar-refractivity contribution < 1.29 is 105 Å². The molecule has 0 aliphatic heterocycles. The fourth-order valence-electron chi connectivity index (χ4n) is 4.54. The van der Waals surface area contributed by atoms with Gasteiger partial charge in [0.1, 0.15) is 0 Å². The molecule has 0 saturated carbocycles. The third-order valence-corrected chi connectivity index (χ3v) is 6.50. The van der Waals surface area contributed by atoms with Crippen LogP contribution in [0.1, 0.15) is 33.4 Å². The van der Waals surface area contributed by atoms with Crippen molar-refractivity contribution in [2.24, 2.45) is 0 Å². The minimum Gasteiger partial charge on any atom is -0.203 e. The molecule has 0 saturated heterocycles. The Labute approximate surface area is 256 Å². The van der Waals surface area contributed by atoms with Crippen molar-refractivity contribution in [3.8, 4) is 0 Å². The molecule has 3 aromatic carbocycles. The van der Waals surface area contributed by atoms with Crippen molar-refractivity contribution >= 4 is 17.5 Å². The smallest absolute Gasteiger partial charge is 0.203 e. The molecule has 3 rings (SSSR count). The van der Waals surface area contributed by atoms with Crippen LogP contribution in [-0.4, -0.2) is 6.18 Å². The van der Waals surface area contributed by atoms with E-state index in [1.54, 1.807) is 0 Å². The zero-order chi connectivity index (χ0) is 38.9. The number of hydrogen-bond donors (Lipinski definition) is 0. The molecular weight excluding hydrogens is 768 g/mol. The molecular formula is C26F24. The van der Waals surface area contributed by atoms with Crippen molar-refractivity contribution in [1.82, 2.24) is 0 Å². The molecule has 50 heavy (non-hydrogen) atoms. The van der Waals surface area contributed by atoms with Gasteiger partial charge in [0.25, 0.3) is 0 Å². The van der Waals surface area contributed by atoms with E-state index in [2.05, 4.69) is 0 Å². The third kappa shape index (κ3) is 5.51. The van der Waals surface area contributed by atoms with Crippen molar-refractivity contribution in [3.63, 3.8) is 0 Å². The Morgan fingerprint density at radius 1 is 0.280 bits per heavy atom. The minimum absolute atomic E-state index is 3.38. The molecule has 0 heterocycles. The van der Waals surface area contributed by atoms with E-state index in [-0.39, 0.29) is 0 Å². The first-order chi connectivity index (χ1) is 22.7. The van der Waals surface area contributed by atoms with Crippen LogP contribution in [0.5, 0.6) is 0 Å². The highest BCUT2D eigenvalue weighted by Crippen LogP contribution is 2.58. The quantitative estimate of drug-likeness (QED) is 0.133. The van der Waals surface area contributed by atoms with Crippen molar-refractivity contribution in [1.29, 1.82) is 0 Å². The fourth-order valence-corrected chi connectivity index (χ4v) is 4.54. The highest BCUT2D eigenvalue weighted by molar-refractivity contribution is 5.68. The standard InChI is InChI=1S/C26F24/c27-7-1(13(33)22(42)43)8(28)17(37)4(16(7)36)25(26(48,49)50,5-18(38)9(29)2(10(30)19(5)39)14(34)23(44)45)6-20(40)11(31)3(12(32)21(6)41)15(35)24(46)47. The van der Waals surface area contributed by atoms with Gasteiger partial charge in [-0.3, -0.25) is 0 Å². The van der Waals surface area contributed by atoms with Gasteiger partial charge in [0.15, 0.2) is 75.2 Å². The monoisotopic (exact) mass is 768 g/mol. The van der Waals surface area contributed by atoms with Crippen LogP contribution in [0.3, 0.4) is 0 Å². The van der Waals surface area contributed by atoms with E-state index in [1.807, 2.05) is 0 Å². The van der Waals surface area contributed by atoms with Crippen LogP contribution in [0.25, 0.3) is 17.5 Å². The highest BCUT2D eigenvalue weighted by atomic mass is 19.4. The molecule has 0 spiro atoms. The van der Waals surface area contributed by atoms with Crippen molar-refractivity contribution in [2.75, 3.05) is 0 Å². The summed E-state index contributed by atoms with van der Waals surface area (Å²) in [4.78, 5) is 0. The Morgan fingerprint density at radius 3 is 0.560 bits per heavy atom. The van der Waals surface area contributed by atoms with E-state index in [0.717, 1.165) is 0 Å². The maximum absolute atomic E-state index is 15.4. The lowest BCUT2D eigenvalue weighted by molar-refractivity contribution is -0.171. The van der Waals surface area contributed by atoms with Crippen molar-refractivity contribution in [2.45, 2.75) is 11.6 Å². The maximum atomic E-state index is 15.4. The van der Waals surface area contributed by atoms with Crippen molar-refractivity contribution in [3.05, 3.63) is 121 Å². The first-order valence-electron chi connectivity index (χ1n) is 11.5. The molecule has 0 fully saturated rings. The first-order valence-corrected chi connectivity index (χ1v) is 11.5. The molecule has 3 aromatic rings. The third-order valence-electron chi connectivity index (χ3n) is 6.50. The van der Waals surface area contributed by atoms with Gasteiger partial charge in [-0.1, -0.05) is 0 Å². The maximum Gasteiger partial charge on any atom is 0.407 e. The Kier molecular flexibility index (Phi) is 10.4. The van der Waals surface area contributed by atoms with Gasteiger partial charge in [0, 0.05) is 0 Å². The van der Waals surface area contributed by atoms with Gasteiger partial charge in [-0.2, -0.15) is 39.5 Å². The molecule has 0 amide bonds. The normalized spacial score (nSPS) is 12.0. The summed E-state index contributed by atoms with van der Waals surface area (Å²) in [5.74, 6) is -59.7. The first kappa shape index (κ1) is 39.6. The van der Waals surface area contributed by atoms with Gasteiger partial charge >= 0.3 is 24.4 Å². The molecule has 0 aliphatic carbocycles. The van der Waals surface area contributed by atoms with E-state index in [4.69, 9.17) is 0 Å². The second-order valence-electron chi connectivity index (χ2n) is 8.99. The van der Waals surface area contributed by atoms with Crippen LogP contribution in [0.2, 0.25) is 0 Å². The molecule has 24 heteroatoms. The number of benzene rings is 3. The highest BCUT2D eigenvalue weighted by Gasteiger charge is 2.67. The van der Waals surface area contributed by atoms with Gasteiger partial charge in [-0.25, -0.2) is 65.9 Å². The van der Waals surface area contributed by atoms with Crippen LogP contribution in [0, 0.1) is 69.8 Å². The van der Waals surface area contributed by atoms with E-state index in [0.29, 0.717) is 0 Å². The number of alkyl halides is 3. The van der Waals surface area contributed by atoms with E-state index in [9.17, 15) is 65.9 Å². The van der Waals surface area contributed by atoms with Crippen LogP contribution >= 0.6 is 0 Å². The Bertz CT molecular complexity index is 1730. The van der Waals surface area contributed by atoms with E-state index in [1.165, 1.54) is 0 Å². The molecule has 0 unspecified atom stereocenters. The number of halogens is 24. The topological polar surface area (TPSA) is 0 Å². The average molecular weight is 768 g/mol. The fraction of sp³-hybridized carbons (Fsp3) is 0.0769. The molecule has 0 bridgehead atoms. The molecule has 0 N–H and O–H groups in total. The molecule has 0 radical (unpaired) electrons. The second-order valence-corrected chi connectivity index (χ2v) is 8.99. The molecule has 272 valence electrons. The summed E-state index contributed by atoms with van der Waals surface area (Å²) in [6.07, 6.45) is -19.7. The minimum atomic E-state index is -7.85. The SMILES string of the molecule is FC(F)=C(F)c1c(F)c(F)c(C(c2c(F)c(F)c(C(F)=C(F)F)c(F)c2F)(c2c(F)c(F)c(C(F)=C(F)F)c(F)c2F)C(F)(F)F)c(F)c1F. The summed E-state index contributed by atoms with van der Waals surface area (Å²) in [6.45, 7) is 0. The van der Waals surface area contributed by atoms with E-state index >= 15 is 39.5 Å². The zero-order valence-corrected chi connectivity index (χ0v) is 22.1. The largest absolute Gasteiger partial charge is 0.407 e. The van der Waals surface area contributed by atoms with E-state index < -0.39 is 151 Å². The Hall–Kier alpha value is -4.80. The van der Waals surface area contributed by atoms with Gasteiger partial charge in [0.2, 0.25) is 17.5 Å². The zero-order valence-electron chi connectivity index (χ0n) is 22.1. The molecule has 0 nitrogen and oxygen atoms in total. The second kappa shape index (κ2) is 13.2. The average Bonchev–Trinajstić information content (AvgIpc) is 3.01. The number of rotatable bonds is 6. The van der Waals surface area contributed by atoms with Gasteiger partial charge in [-0.15, -0.1) is 0 Å². The van der Waals surface area contributed by atoms with Gasteiger partial charge < -0.3 is 0 Å². The number of hydrogen-bond acceptors (Lipinski definition) is 0. The molecule has 0 aromatic heterocycles. The van der Waals surface area contributed by atoms with Gasteiger partial charge in [0.05, 0.1) is 33.4 Å². The predicted molar refractivity (Wildman–Crippen MR) is 115 cm³/mol. The summed E-state index contributed by atoms with van der Waals surface area (Å²) < 4.78 is 344.